The van der Waals surface area contributed by atoms with Crippen molar-refractivity contribution in [2.45, 2.75) is 51.1 Å². The largest absolute Gasteiger partial charge is 0.306 e. The van der Waals surface area contributed by atoms with E-state index in [0.29, 0.717) is 6.04 Å². The number of rotatable bonds is 3. The number of pyridine rings is 1. The van der Waals surface area contributed by atoms with Crippen molar-refractivity contribution in [3.63, 3.8) is 0 Å². The normalized spacial score (nSPS) is 41.4. The molecule has 19 heavy (non-hydrogen) atoms. The van der Waals surface area contributed by atoms with E-state index < -0.39 is 0 Å². The van der Waals surface area contributed by atoms with Crippen molar-refractivity contribution in [1.82, 2.24) is 10.3 Å². The Morgan fingerprint density at radius 1 is 1.05 bits per heavy atom. The first kappa shape index (κ1) is 11.9. The summed E-state index contributed by atoms with van der Waals surface area (Å²) in [6.07, 6.45) is 9.39. The van der Waals surface area contributed by atoms with E-state index in [1.807, 2.05) is 12.3 Å². The van der Waals surface area contributed by atoms with Crippen LogP contribution in [0.2, 0.25) is 0 Å². The van der Waals surface area contributed by atoms with Crippen LogP contribution in [0.25, 0.3) is 0 Å². The Bertz CT molecular complexity index is 414. The second kappa shape index (κ2) is 4.59. The van der Waals surface area contributed by atoms with Crippen LogP contribution in [-0.4, -0.2) is 11.0 Å². The van der Waals surface area contributed by atoms with Gasteiger partial charge in [-0.05, 0) is 74.8 Å². The smallest absolute Gasteiger partial charge is 0.0570 e. The van der Waals surface area contributed by atoms with Crippen LogP contribution in [0.4, 0.5) is 0 Å². The van der Waals surface area contributed by atoms with Crippen LogP contribution in [0, 0.1) is 23.7 Å². The molecule has 0 saturated heterocycles. The van der Waals surface area contributed by atoms with E-state index in [2.05, 4.69) is 29.4 Å². The molecule has 0 amide bonds. The van der Waals surface area contributed by atoms with Gasteiger partial charge in [0.1, 0.15) is 0 Å². The number of aromatic nitrogens is 1. The molecule has 4 fully saturated rings. The maximum absolute atomic E-state index is 4.50. The summed E-state index contributed by atoms with van der Waals surface area (Å²) in [5.74, 6) is 4.02. The predicted octanol–water partition coefficient (Wildman–Crippen LogP) is 3.56. The Morgan fingerprint density at radius 3 is 2.32 bits per heavy atom. The first-order valence-corrected chi connectivity index (χ1v) is 7.96. The molecule has 2 heteroatoms. The molecule has 1 aromatic rings. The Morgan fingerprint density at radius 2 is 1.74 bits per heavy atom. The highest BCUT2D eigenvalue weighted by Crippen LogP contribution is 2.54. The molecule has 1 heterocycles. The van der Waals surface area contributed by atoms with Gasteiger partial charge >= 0.3 is 0 Å². The van der Waals surface area contributed by atoms with Crippen molar-refractivity contribution < 1.29 is 0 Å². The maximum Gasteiger partial charge on any atom is 0.0570 e. The van der Waals surface area contributed by atoms with Gasteiger partial charge in [-0.25, -0.2) is 0 Å². The van der Waals surface area contributed by atoms with Crippen LogP contribution in [0.5, 0.6) is 0 Å². The lowest BCUT2D eigenvalue weighted by Gasteiger charge is -2.55. The van der Waals surface area contributed by atoms with Gasteiger partial charge < -0.3 is 5.32 Å². The van der Waals surface area contributed by atoms with Crippen molar-refractivity contribution in [1.29, 1.82) is 0 Å². The van der Waals surface area contributed by atoms with Gasteiger partial charge in [-0.3, -0.25) is 4.98 Å². The molecule has 4 aliphatic carbocycles. The van der Waals surface area contributed by atoms with Crippen LogP contribution in [0.3, 0.4) is 0 Å². The first-order valence-electron chi connectivity index (χ1n) is 7.96. The monoisotopic (exact) mass is 256 g/mol. The minimum Gasteiger partial charge on any atom is -0.306 e. The van der Waals surface area contributed by atoms with Crippen molar-refractivity contribution in [3.05, 3.63) is 30.1 Å². The molecule has 2 nitrogen and oxygen atoms in total. The first-order chi connectivity index (χ1) is 9.29. The van der Waals surface area contributed by atoms with Crippen LogP contribution in [0.1, 0.15) is 50.8 Å². The zero-order chi connectivity index (χ0) is 12.8. The summed E-state index contributed by atoms with van der Waals surface area (Å²) in [6, 6.07) is 7.39. The van der Waals surface area contributed by atoms with Crippen molar-refractivity contribution >= 4 is 0 Å². The van der Waals surface area contributed by atoms with Crippen molar-refractivity contribution in [2.24, 2.45) is 23.7 Å². The SMILES string of the molecule is CC(NC1C2CC3CC(C2)CC1C3)c1ccccn1. The zero-order valence-electron chi connectivity index (χ0n) is 11.8. The van der Waals surface area contributed by atoms with Crippen molar-refractivity contribution in [3.8, 4) is 0 Å². The molecule has 1 unspecified atom stereocenters. The highest BCUT2D eigenvalue weighted by atomic mass is 15.0. The standard InChI is InChI=1S/C17H24N2/c1-11(16-4-2-3-5-18-16)19-17-14-7-12-6-13(9-14)10-15(17)8-12/h2-5,11-15,17,19H,6-10H2,1H3. The fraction of sp³-hybridized carbons (Fsp3) is 0.706. The van der Waals surface area contributed by atoms with Gasteiger partial charge in [0.25, 0.3) is 0 Å². The highest BCUT2D eigenvalue weighted by Gasteiger charge is 2.48. The molecule has 1 aromatic heterocycles. The van der Waals surface area contributed by atoms with Gasteiger partial charge in [0.15, 0.2) is 0 Å². The predicted molar refractivity (Wildman–Crippen MR) is 76.6 cm³/mol. The van der Waals surface area contributed by atoms with E-state index >= 15 is 0 Å². The molecule has 1 atom stereocenters. The van der Waals surface area contributed by atoms with E-state index in [1.54, 1.807) is 0 Å². The van der Waals surface area contributed by atoms with Gasteiger partial charge in [-0.1, -0.05) is 6.07 Å². The van der Waals surface area contributed by atoms with Gasteiger partial charge in [0.05, 0.1) is 5.69 Å². The van der Waals surface area contributed by atoms with Gasteiger partial charge in [0.2, 0.25) is 0 Å². The molecule has 102 valence electrons. The Hall–Kier alpha value is -0.890. The van der Waals surface area contributed by atoms with Crippen LogP contribution in [0.15, 0.2) is 24.4 Å². The summed E-state index contributed by atoms with van der Waals surface area (Å²) in [5.41, 5.74) is 1.19. The summed E-state index contributed by atoms with van der Waals surface area (Å²) < 4.78 is 0. The maximum atomic E-state index is 4.50. The van der Waals surface area contributed by atoms with E-state index in [-0.39, 0.29) is 0 Å². The molecule has 0 spiro atoms. The third-order valence-corrected chi connectivity index (χ3v) is 5.80. The molecule has 5 rings (SSSR count). The molecule has 4 saturated carbocycles. The Kier molecular flexibility index (Phi) is 2.87. The number of hydrogen-bond donors (Lipinski definition) is 1. The topological polar surface area (TPSA) is 24.9 Å². The number of nitrogens with zero attached hydrogens (tertiary/aromatic N) is 1. The molecule has 1 N–H and O–H groups in total. The average molecular weight is 256 g/mol. The second-order valence-corrected chi connectivity index (χ2v) is 7.10. The van der Waals surface area contributed by atoms with E-state index in [1.165, 1.54) is 37.8 Å². The fourth-order valence-electron chi connectivity index (χ4n) is 5.20. The molecule has 4 bridgehead atoms. The Labute approximate surface area is 116 Å². The molecule has 0 aromatic carbocycles. The second-order valence-electron chi connectivity index (χ2n) is 7.10. The quantitative estimate of drug-likeness (QED) is 0.894. The van der Waals surface area contributed by atoms with Crippen LogP contribution >= 0.6 is 0 Å². The molecule has 0 aliphatic heterocycles. The summed E-state index contributed by atoms with van der Waals surface area (Å²) in [6.45, 7) is 2.27. The zero-order valence-corrected chi connectivity index (χ0v) is 11.8. The van der Waals surface area contributed by atoms with E-state index in [9.17, 15) is 0 Å². The Balaban J connectivity index is 1.48. The lowest BCUT2D eigenvalue weighted by molar-refractivity contribution is -0.0172. The fourth-order valence-corrected chi connectivity index (χ4v) is 5.20. The number of nitrogens with one attached hydrogen (secondary N) is 1. The summed E-state index contributed by atoms with van der Waals surface area (Å²) >= 11 is 0. The average Bonchev–Trinajstić information content (AvgIpc) is 2.43. The van der Waals surface area contributed by atoms with Crippen molar-refractivity contribution in [2.75, 3.05) is 0 Å². The van der Waals surface area contributed by atoms with Crippen LogP contribution < -0.4 is 5.32 Å². The summed E-state index contributed by atoms with van der Waals surface area (Å²) in [5, 5.41) is 3.92. The number of hydrogen-bond acceptors (Lipinski definition) is 2. The highest BCUT2D eigenvalue weighted by molar-refractivity contribution is 5.10. The minimum absolute atomic E-state index is 0.392. The molecule has 0 radical (unpaired) electrons. The lowest BCUT2D eigenvalue weighted by Crippen LogP contribution is -2.54. The summed E-state index contributed by atoms with van der Waals surface area (Å²) in [7, 11) is 0. The van der Waals surface area contributed by atoms with Crippen LogP contribution in [-0.2, 0) is 0 Å². The molecular weight excluding hydrogens is 232 g/mol. The summed E-state index contributed by atoms with van der Waals surface area (Å²) in [4.78, 5) is 4.50. The third-order valence-electron chi connectivity index (χ3n) is 5.80. The minimum atomic E-state index is 0.392. The lowest BCUT2D eigenvalue weighted by atomic mass is 9.54. The van der Waals surface area contributed by atoms with E-state index in [4.69, 9.17) is 0 Å². The van der Waals surface area contributed by atoms with Gasteiger partial charge in [-0.2, -0.15) is 0 Å². The van der Waals surface area contributed by atoms with Gasteiger partial charge in [0, 0.05) is 18.3 Å². The third kappa shape index (κ3) is 2.10. The van der Waals surface area contributed by atoms with Gasteiger partial charge in [-0.15, -0.1) is 0 Å². The molecular formula is C17H24N2. The van der Waals surface area contributed by atoms with E-state index in [0.717, 1.165) is 29.7 Å². The molecule has 4 aliphatic rings.